The molecule has 8 heavy (non-hydrogen) atoms. The van der Waals surface area contributed by atoms with E-state index in [4.69, 9.17) is 0 Å². The third kappa shape index (κ3) is 6.27. The van der Waals surface area contributed by atoms with Crippen LogP contribution in [0.3, 0.4) is 0 Å². The van der Waals surface area contributed by atoms with Crippen molar-refractivity contribution in [2.75, 3.05) is 5.33 Å². The molecule has 0 rings (SSSR count). The van der Waals surface area contributed by atoms with E-state index in [-0.39, 0.29) is 0 Å². The summed E-state index contributed by atoms with van der Waals surface area (Å²) in [4.78, 5) is 0. The van der Waals surface area contributed by atoms with Gasteiger partial charge >= 0.3 is 6.18 Å². The van der Waals surface area contributed by atoms with Crippen LogP contribution in [-0.4, -0.2) is 11.5 Å². The van der Waals surface area contributed by atoms with Gasteiger partial charge in [-0.1, -0.05) is 15.9 Å². The van der Waals surface area contributed by atoms with Gasteiger partial charge in [-0.2, -0.15) is 13.2 Å². The van der Waals surface area contributed by atoms with E-state index in [0.717, 1.165) is 6.42 Å². The molecule has 0 aromatic rings. The van der Waals surface area contributed by atoms with Crippen LogP contribution in [0, 0.1) is 6.42 Å². The summed E-state index contributed by atoms with van der Waals surface area (Å²) in [5, 5.41) is 0.298. The van der Waals surface area contributed by atoms with Crippen LogP contribution in [0.15, 0.2) is 0 Å². The average Bonchev–Trinajstić information content (AvgIpc) is 1.59. The number of rotatable bonds is 2. The lowest BCUT2D eigenvalue weighted by Gasteiger charge is -2.01. The maximum atomic E-state index is 11.2. The Labute approximate surface area is 54.2 Å². The molecule has 0 aliphatic rings. The van der Waals surface area contributed by atoms with Crippen LogP contribution in [0.2, 0.25) is 0 Å². The zero-order valence-corrected chi connectivity index (χ0v) is 5.59. The highest BCUT2D eigenvalue weighted by molar-refractivity contribution is 9.09. The van der Waals surface area contributed by atoms with Crippen molar-refractivity contribution in [1.29, 1.82) is 0 Å². The number of alkyl halides is 4. The van der Waals surface area contributed by atoms with Crippen LogP contribution in [0.4, 0.5) is 13.2 Å². The third-order valence-electron chi connectivity index (χ3n) is 0.485. The highest BCUT2D eigenvalue weighted by Crippen LogP contribution is 2.20. The molecule has 0 aliphatic carbocycles. The van der Waals surface area contributed by atoms with Crippen LogP contribution >= 0.6 is 15.9 Å². The van der Waals surface area contributed by atoms with Gasteiger partial charge in [0.15, 0.2) is 0 Å². The predicted octanol–water partition coefficient (Wildman–Crippen LogP) is 2.54. The Morgan fingerprint density at radius 1 is 1.38 bits per heavy atom. The van der Waals surface area contributed by atoms with Gasteiger partial charge < -0.3 is 0 Å². The molecule has 0 fully saturated rings. The Bertz CT molecular complexity index is 58.8. The first-order valence-corrected chi connectivity index (χ1v) is 3.13. The van der Waals surface area contributed by atoms with Gasteiger partial charge in [-0.3, -0.25) is 0 Å². The summed E-state index contributed by atoms with van der Waals surface area (Å²) in [6.45, 7) is 0. The van der Waals surface area contributed by atoms with Gasteiger partial charge in [-0.05, 0) is 6.42 Å². The molecule has 0 bridgehead atoms. The minimum absolute atomic E-state index is 0.298. The molecule has 0 atom stereocenters. The summed E-state index contributed by atoms with van der Waals surface area (Å²) in [5.41, 5.74) is 0. The molecule has 4 heteroatoms. The molecular formula is C4H5BrF3. The molecule has 0 amide bonds. The first kappa shape index (κ1) is 8.27. The van der Waals surface area contributed by atoms with E-state index in [1.807, 2.05) is 0 Å². The van der Waals surface area contributed by atoms with Crippen LogP contribution in [0.25, 0.3) is 0 Å². The van der Waals surface area contributed by atoms with E-state index >= 15 is 0 Å². The van der Waals surface area contributed by atoms with Crippen molar-refractivity contribution in [3.05, 3.63) is 6.42 Å². The smallest absolute Gasteiger partial charge is 0.171 e. The summed E-state index contributed by atoms with van der Waals surface area (Å²) < 4.78 is 33.6. The highest BCUT2D eigenvalue weighted by Gasteiger charge is 2.25. The van der Waals surface area contributed by atoms with Gasteiger partial charge in [-0.25, -0.2) is 0 Å². The topological polar surface area (TPSA) is 0 Å². The van der Waals surface area contributed by atoms with E-state index in [0.29, 0.717) is 5.33 Å². The van der Waals surface area contributed by atoms with Crippen molar-refractivity contribution in [1.82, 2.24) is 0 Å². The molecule has 0 aromatic carbocycles. The van der Waals surface area contributed by atoms with Crippen LogP contribution < -0.4 is 0 Å². The van der Waals surface area contributed by atoms with E-state index in [2.05, 4.69) is 15.9 Å². The molecule has 0 aromatic heterocycles. The Balaban J connectivity index is 3.11. The average molecular weight is 190 g/mol. The second-order valence-electron chi connectivity index (χ2n) is 1.26. The number of hydrogen-bond donors (Lipinski definition) is 0. The lowest BCUT2D eigenvalue weighted by atomic mass is 10.3. The summed E-state index contributed by atoms with van der Waals surface area (Å²) in [5.74, 6) is 0. The number of halogens is 4. The highest BCUT2D eigenvalue weighted by atomic mass is 79.9. The molecule has 0 heterocycles. The molecular weight excluding hydrogens is 185 g/mol. The molecule has 0 aliphatic heterocycles. The standard InChI is InChI=1S/C4H5BrF3/c5-3-1-2-4(6,7)8/h1H,2-3H2. The van der Waals surface area contributed by atoms with Gasteiger partial charge in [0.05, 0.1) is 0 Å². The van der Waals surface area contributed by atoms with Gasteiger partial charge in [-0.15, -0.1) is 0 Å². The van der Waals surface area contributed by atoms with Crippen molar-refractivity contribution in [2.45, 2.75) is 12.6 Å². The first-order chi connectivity index (χ1) is 3.56. The monoisotopic (exact) mass is 189 g/mol. The molecule has 0 N–H and O–H groups in total. The maximum Gasteiger partial charge on any atom is 0.389 e. The molecule has 0 spiro atoms. The quantitative estimate of drug-likeness (QED) is 0.587. The summed E-state index contributed by atoms with van der Waals surface area (Å²) >= 11 is 2.85. The van der Waals surface area contributed by atoms with Crippen molar-refractivity contribution >= 4 is 15.9 Å². The largest absolute Gasteiger partial charge is 0.389 e. The summed E-state index contributed by atoms with van der Waals surface area (Å²) in [7, 11) is 0. The van der Waals surface area contributed by atoms with Gasteiger partial charge in [0.2, 0.25) is 0 Å². The lowest BCUT2D eigenvalue weighted by Crippen LogP contribution is -2.06. The molecule has 49 valence electrons. The first-order valence-electron chi connectivity index (χ1n) is 2.00. The van der Waals surface area contributed by atoms with Crippen molar-refractivity contribution in [3.8, 4) is 0 Å². The fraction of sp³-hybridized carbons (Fsp3) is 0.750. The lowest BCUT2D eigenvalue weighted by molar-refractivity contribution is -0.127. The Morgan fingerprint density at radius 3 is 2.00 bits per heavy atom. The van der Waals surface area contributed by atoms with Gasteiger partial charge in [0.1, 0.15) is 0 Å². The molecule has 0 saturated heterocycles. The van der Waals surface area contributed by atoms with Crippen LogP contribution in [0.1, 0.15) is 6.42 Å². The minimum atomic E-state index is -4.03. The van der Waals surface area contributed by atoms with Crippen molar-refractivity contribution < 1.29 is 13.2 Å². The number of hydrogen-bond acceptors (Lipinski definition) is 0. The summed E-state index contributed by atoms with van der Waals surface area (Å²) in [6, 6.07) is 0. The second-order valence-corrected chi connectivity index (χ2v) is 1.91. The zero-order valence-electron chi connectivity index (χ0n) is 4.00. The molecule has 1 radical (unpaired) electrons. The van der Waals surface area contributed by atoms with Crippen molar-refractivity contribution in [3.63, 3.8) is 0 Å². The maximum absolute atomic E-state index is 11.2. The molecule has 0 saturated carbocycles. The SMILES string of the molecule is FC(F)(F)C[CH]CBr. The van der Waals surface area contributed by atoms with Crippen LogP contribution in [-0.2, 0) is 0 Å². The van der Waals surface area contributed by atoms with Crippen LogP contribution in [0.5, 0.6) is 0 Å². The third-order valence-corrected chi connectivity index (χ3v) is 0.943. The van der Waals surface area contributed by atoms with E-state index in [9.17, 15) is 13.2 Å². The Hall–Kier alpha value is 0.270. The zero-order chi connectivity index (χ0) is 6.62. The Kier molecular flexibility index (Phi) is 3.44. The normalized spacial score (nSPS) is 12.0. The van der Waals surface area contributed by atoms with E-state index in [1.54, 1.807) is 0 Å². The van der Waals surface area contributed by atoms with Gasteiger partial charge in [0, 0.05) is 11.8 Å². The molecule has 0 nitrogen and oxygen atoms in total. The minimum Gasteiger partial charge on any atom is -0.171 e. The van der Waals surface area contributed by atoms with E-state index in [1.165, 1.54) is 0 Å². The Morgan fingerprint density at radius 2 is 1.88 bits per heavy atom. The molecule has 0 unspecified atom stereocenters. The van der Waals surface area contributed by atoms with E-state index < -0.39 is 12.6 Å². The fourth-order valence-electron chi connectivity index (χ4n) is 0.218. The summed E-state index contributed by atoms with van der Waals surface area (Å²) in [6.07, 6.45) is -3.72. The fourth-order valence-corrected chi connectivity index (χ4v) is 0.447. The van der Waals surface area contributed by atoms with Gasteiger partial charge in [0.25, 0.3) is 0 Å². The second kappa shape index (κ2) is 3.33. The van der Waals surface area contributed by atoms with Crippen molar-refractivity contribution in [2.24, 2.45) is 0 Å². The predicted molar refractivity (Wildman–Crippen MR) is 28.8 cm³/mol.